The molecule has 1 aromatic heterocycles. The molecule has 0 aliphatic heterocycles. The summed E-state index contributed by atoms with van der Waals surface area (Å²) in [7, 11) is 0. The Labute approximate surface area is 151 Å². The number of aromatic nitrogens is 1. The lowest BCUT2D eigenvalue weighted by molar-refractivity contribution is 0.563. The first kappa shape index (κ1) is 14.9. The molecule has 0 bridgehead atoms. The first-order chi connectivity index (χ1) is 12.8. The van der Waals surface area contributed by atoms with Gasteiger partial charge in [-0.05, 0) is 22.1 Å². The van der Waals surface area contributed by atoms with E-state index in [1.807, 2.05) is 19.1 Å². The van der Waals surface area contributed by atoms with Crippen molar-refractivity contribution in [3.63, 3.8) is 0 Å². The molecule has 1 heterocycles. The highest BCUT2D eigenvalue weighted by molar-refractivity contribution is 6.18. The molecule has 2 nitrogen and oxygen atoms in total. The minimum atomic E-state index is 0.688. The van der Waals surface area contributed by atoms with Gasteiger partial charge >= 0.3 is 0 Å². The normalized spacial score (nSPS) is 11.3. The van der Waals surface area contributed by atoms with Gasteiger partial charge in [-0.15, -0.1) is 0 Å². The number of nitrogens with zero attached hydrogens (tertiary/aromatic N) is 1. The Morgan fingerprint density at radius 3 is 1.81 bits per heavy atom. The zero-order valence-corrected chi connectivity index (χ0v) is 14.4. The number of rotatable bonds is 2. The van der Waals surface area contributed by atoms with Crippen molar-refractivity contribution in [1.29, 1.82) is 0 Å². The van der Waals surface area contributed by atoms with Gasteiger partial charge in [0.05, 0.1) is 0 Å². The summed E-state index contributed by atoms with van der Waals surface area (Å²) in [5.41, 5.74) is 6.44. The van der Waals surface area contributed by atoms with Crippen LogP contribution in [-0.2, 0) is 0 Å². The van der Waals surface area contributed by atoms with Crippen molar-refractivity contribution in [1.82, 2.24) is 4.98 Å². The van der Waals surface area contributed by atoms with Crippen LogP contribution in [0.5, 0.6) is 0 Å². The van der Waals surface area contributed by atoms with Crippen molar-refractivity contribution in [3.05, 3.63) is 90.8 Å². The van der Waals surface area contributed by atoms with E-state index in [0.29, 0.717) is 5.89 Å². The Morgan fingerprint density at radius 1 is 0.615 bits per heavy atom. The molecule has 26 heavy (non-hydrogen) atoms. The molecule has 2 heteroatoms. The van der Waals surface area contributed by atoms with Crippen LogP contribution in [-0.4, -0.2) is 4.98 Å². The standard InChI is InChI=1S/C24H17NO/c1-16-25-23-22(18-12-6-3-7-13-18)21(17-10-4-2-5-11-17)19-14-8-9-15-20(19)24(23)26-16/h2-15H,1H3. The van der Waals surface area contributed by atoms with E-state index in [4.69, 9.17) is 9.40 Å². The topological polar surface area (TPSA) is 26.0 Å². The molecule has 0 saturated heterocycles. The van der Waals surface area contributed by atoms with Gasteiger partial charge in [0.1, 0.15) is 5.52 Å². The molecule has 0 amide bonds. The van der Waals surface area contributed by atoms with Crippen LogP contribution >= 0.6 is 0 Å². The Balaban J connectivity index is 2.05. The highest BCUT2D eigenvalue weighted by Gasteiger charge is 2.20. The fraction of sp³-hybridized carbons (Fsp3) is 0.0417. The first-order valence-corrected chi connectivity index (χ1v) is 8.75. The van der Waals surface area contributed by atoms with Crippen LogP contribution in [0.4, 0.5) is 0 Å². The molecule has 0 aliphatic carbocycles. The lowest BCUT2D eigenvalue weighted by atomic mass is 9.88. The maximum Gasteiger partial charge on any atom is 0.192 e. The van der Waals surface area contributed by atoms with Crippen LogP contribution in [0.1, 0.15) is 5.89 Å². The maximum atomic E-state index is 6.02. The van der Waals surface area contributed by atoms with Gasteiger partial charge in [0, 0.05) is 17.9 Å². The molecule has 0 N–H and O–H groups in total. The van der Waals surface area contributed by atoms with Crippen molar-refractivity contribution in [2.24, 2.45) is 0 Å². The Hall–Kier alpha value is -3.39. The number of benzene rings is 4. The smallest absolute Gasteiger partial charge is 0.192 e. The third-order valence-corrected chi connectivity index (χ3v) is 4.79. The fourth-order valence-electron chi connectivity index (χ4n) is 3.72. The average molecular weight is 335 g/mol. The van der Waals surface area contributed by atoms with E-state index in [1.54, 1.807) is 0 Å². The van der Waals surface area contributed by atoms with Gasteiger partial charge < -0.3 is 4.42 Å². The van der Waals surface area contributed by atoms with E-state index in [0.717, 1.165) is 27.6 Å². The molecule has 0 saturated carbocycles. The number of hydrogen-bond donors (Lipinski definition) is 0. The second-order valence-corrected chi connectivity index (χ2v) is 6.44. The number of oxazole rings is 1. The van der Waals surface area contributed by atoms with Gasteiger partial charge in [0.25, 0.3) is 0 Å². The quantitative estimate of drug-likeness (QED) is 0.362. The van der Waals surface area contributed by atoms with Crippen LogP contribution in [0.3, 0.4) is 0 Å². The van der Waals surface area contributed by atoms with E-state index >= 15 is 0 Å². The van der Waals surface area contributed by atoms with Gasteiger partial charge in [-0.25, -0.2) is 4.98 Å². The summed E-state index contributed by atoms with van der Waals surface area (Å²) in [6.45, 7) is 1.91. The highest BCUT2D eigenvalue weighted by atomic mass is 16.3. The molecule has 124 valence electrons. The zero-order chi connectivity index (χ0) is 17.5. The van der Waals surface area contributed by atoms with Gasteiger partial charge in [-0.3, -0.25) is 0 Å². The van der Waals surface area contributed by atoms with Crippen molar-refractivity contribution >= 4 is 21.9 Å². The summed E-state index contributed by atoms with van der Waals surface area (Å²) in [4.78, 5) is 4.76. The molecule has 0 radical (unpaired) electrons. The molecule has 0 atom stereocenters. The minimum Gasteiger partial charge on any atom is -0.440 e. The zero-order valence-electron chi connectivity index (χ0n) is 14.4. The average Bonchev–Trinajstić information content (AvgIpc) is 3.09. The molecular weight excluding hydrogens is 318 g/mol. The van der Waals surface area contributed by atoms with Crippen LogP contribution in [0.25, 0.3) is 44.1 Å². The summed E-state index contributed by atoms with van der Waals surface area (Å²) in [5.74, 6) is 0.688. The third-order valence-electron chi connectivity index (χ3n) is 4.79. The maximum absolute atomic E-state index is 6.02. The summed E-state index contributed by atoms with van der Waals surface area (Å²) >= 11 is 0. The molecule has 0 spiro atoms. The van der Waals surface area contributed by atoms with Crippen LogP contribution in [0.2, 0.25) is 0 Å². The van der Waals surface area contributed by atoms with Crippen molar-refractivity contribution < 1.29 is 4.42 Å². The Bertz CT molecular complexity index is 1220. The summed E-state index contributed by atoms with van der Waals surface area (Å²) in [6.07, 6.45) is 0. The Morgan fingerprint density at radius 2 is 1.15 bits per heavy atom. The Kier molecular flexibility index (Phi) is 3.36. The molecule has 5 rings (SSSR count). The predicted molar refractivity (Wildman–Crippen MR) is 107 cm³/mol. The van der Waals surface area contributed by atoms with E-state index in [2.05, 4.69) is 72.8 Å². The van der Waals surface area contributed by atoms with Gasteiger partial charge in [0.2, 0.25) is 0 Å². The summed E-state index contributed by atoms with van der Waals surface area (Å²) < 4.78 is 6.02. The number of aryl methyl sites for hydroxylation is 1. The van der Waals surface area contributed by atoms with E-state index in [-0.39, 0.29) is 0 Å². The van der Waals surface area contributed by atoms with Gasteiger partial charge in [-0.2, -0.15) is 0 Å². The first-order valence-electron chi connectivity index (χ1n) is 8.75. The van der Waals surface area contributed by atoms with Gasteiger partial charge in [0.15, 0.2) is 11.5 Å². The minimum absolute atomic E-state index is 0.688. The second kappa shape index (κ2) is 5.85. The molecule has 5 aromatic rings. The van der Waals surface area contributed by atoms with Crippen molar-refractivity contribution in [3.8, 4) is 22.3 Å². The third kappa shape index (κ3) is 2.23. The van der Waals surface area contributed by atoms with Gasteiger partial charge in [-0.1, -0.05) is 84.9 Å². The SMILES string of the molecule is Cc1nc2c(-c3ccccc3)c(-c3ccccc3)c3ccccc3c2o1. The monoisotopic (exact) mass is 335 g/mol. The lowest BCUT2D eigenvalue weighted by Gasteiger charge is -2.15. The van der Waals surface area contributed by atoms with E-state index in [9.17, 15) is 0 Å². The van der Waals surface area contributed by atoms with Crippen molar-refractivity contribution in [2.45, 2.75) is 6.92 Å². The van der Waals surface area contributed by atoms with E-state index in [1.165, 1.54) is 16.5 Å². The lowest BCUT2D eigenvalue weighted by Crippen LogP contribution is -1.90. The number of fused-ring (bicyclic) bond motifs is 3. The largest absolute Gasteiger partial charge is 0.440 e. The number of hydrogen-bond acceptors (Lipinski definition) is 2. The molecule has 0 aliphatic rings. The predicted octanol–water partition coefficient (Wildman–Crippen LogP) is 6.62. The molecule has 4 aromatic carbocycles. The van der Waals surface area contributed by atoms with E-state index < -0.39 is 0 Å². The van der Waals surface area contributed by atoms with Crippen LogP contribution in [0.15, 0.2) is 89.3 Å². The van der Waals surface area contributed by atoms with Crippen molar-refractivity contribution in [2.75, 3.05) is 0 Å². The molecular formula is C24H17NO. The second-order valence-electron chi connectivity index (χ2n) is 6.44. The van der Waals surface area contributed by atoms with Crippen LogP contribution in [0, 0.1) is 6.92 Å². The fourth-order valence-corrected chi connectivity index (χ4v) is 3.72. The highest BCUT2D eigenvalue weighted by Crippen LogP contribution is 2.44. The molecule has 0 unspecified atom stereocenters. The summed E-state index contributed by atoms with van der Waals surface area (Å²) in [5, 5.41) is 2.28. The summed E-state index contributed by atoms with van der Waals surface area (Å²) in [6, 6.07) is 29.4. The van der Waals surface area contributed by atoms with Crippen LogP contribution < -0.4 is 0 Å². The molecule has 0 fully saturated rings.